The van der Waals surface area contributed by atoms with E-state index in [1.165, 1.54) is 25.3 Å². The van der Waals surface area contributed by atoms with E-state index in [2.05, 4.69) is 43.4 Å². The molecule has 0 saturated heterocycles. The Morgan fingerprint density at radius 1 is 0.678 bits per heavy atom. The third-order valence-corrected chi connectivity index (χ3v) is 9.43. The number of carbonyl (C=O) groups is 2. The Bertz CT molecular complexity index is 1380. The minimum Gasteiger partial charge on any atom is -0.462 e. The van der Waals surface area contributed by atoms with Gasteiger partial charge >= 0.3 is 19.8 Å². The van der Waals surface area contributed by atoms with Crippen LogP contribution in [0.5, 0.6) is 0 Å². The number of esters is 2. The molecule has 0 amide bonds. The maximum absolute atomic E-state index is 12.7. The van der Waals surface area contributed by atoms with E-state index < -0.39 is 57.4 Å². The predicted octanol–water partition coefficient (Wildman–Crippen LogP) is 8.70. The van der Waals surface area contributed by atoms with Gasteiger partial charge in [-0.25, -0.2) is 4.57 Å². The molecule has 4 N–H and O–H groups in total. The summed E-state index contributed by atoms with van der Waals surface area (Å²) in [6, 6.07) is 0. The molecule has 0 fully saturated rings. The van der Waals surface area contributed by atoms with Crippen LogP contribution in [0.25, 0.3) is 0 Å². The van der Waals surface area contributed by atoms with Gasteiger partial charge in [0.05, 0.1) is 46.1 Å². The van der Waals surface area contributed by atoms with Crippen LogP contribution in [0, 0.1) is 0 Å². The Morgan fingerprint density at radius 2 is 1.27 bits per heavy atom. The molecular formula is C46H77NO11P+. The third-order valence-electron chi connectivity index (χ3n) is 8.44. The van der Waals surface area contributed by atoms with Crippen molar-refractivity contribution in [3.05, 3.63) is 97.2 Å². The number of aliphatic hydroxyl groups excluding tert-OH is 3. The van der Waals surface area contributed by atoms with E-state index in [1.807, 2.05) is 40.2 Å². The number of rotatable bonds is 36. The highest BCUT2D eigenvalue weighted by Crippen LogP contribution is 2.43. The third kappa shape index (κ3) is 38.7. The molecule has 0 aromatic rings. The number of aliphatic hydroxyl groups is 3. The van der Waals surface area contributed by atoms with Gasteiger partial charge in [0.15, 0.2) is 6.10 Å². The molecule has 0 spiro atoms. The first-order valence-corrected chi connectivity index (χ1v) is 22.8. The SMILES string of the molecule is CC/C=C\C[C@@H](O)/C=C/C=C/C=C\C=C/[C@H](O)[C@@H](O)CCCC(=O)OC[C@H](COP(=O)(O)OCC[N+](C)(C)C)OC(=O)CCCC/C=C\C/C=C\C/C=C\CCCCC. The fraction of sp³-hybridized carbons (Fsp3) is 0.609. The number of quaternary nitrogens is 1. The molecule has 0 aliphatic rings. The van der Waals surface area contributed by atoms with Crippen LogP contribution in [0.1, 0.15) is 110 Å². The van der Waals surface area contributed by atoms with Crippen LogP contribution in [-0.2, 0) is 32.7 Å². The molecule has 59 heavy (non-hydrogen) atoms. The molecule has 12 nitrogen and oxygen atoms in total. The van der Waals surface area contributed by atoms with Gasteiger partial charge in [-0.3, -0.25) is 18.6 Å². The van der Waals surface area contributed by atoms with E-state index in [1.54, 1.807) is 42.5 Å². The average Bonchev–Trinajstić information content (AvgIpc) is 3.17. The lowest BCUT2D eigenvalue weighted by molar-refractivity contribution is -0.870. The van der Waals surface area contributed by atoms with Crippen molar-refractivity contribution in [3.63, 3.8) is 0 Å². The van der Waals surface area contributed by atoms with E-state index in [0.29, 0.717) is 23.9 Å². The van der Waals surface area contributed by atoms with E-state index in [9.17, 15) is 34.4 Å². The molecule has 0 bridgehead atoms. The summed E-state index contributed by atoms with van der Waals surface area (Å²) in [6.07, 6.45) is 37.0. The monoisotopic (exact) mass is 851 g/mol. The van der Waals surface area contributed by atoms with E-state index in [4.69, 9.17) is 18.5 Å². The number of phosphoric ester groups is 1. The molecule has 0 aromatic carbocycles. The number of unbranched alkanes of at least 4 members (excludes halogenated alkanes) is 5. The summed E-state index contributed by atoms with van der Waals surface area (Å²) < 4.78 is 33.9. The van der Waals surface area contributed by atoms with Gasteiger partial charge in [0, 0.05) is 12.8 Å². The number of carbonyl (C=O) groups excluding carboxylic acids is 2. The summed E-state index contributed by atoms with van der Waals surface area (Å²) in [5.74, 6) is -1.19. The Kier molecular flexibility index (Phi) is 34.7. The minimum absolute atomic E-state index is 0.0373. The van der Waals surface area contributed by atoms with Gasteiger partial charge in [-0.05, 0) is 70.6 Å². The van der Waals surface area contributed by atoms with Crippen LogP contribution >= 0.6 is 7.82 Å². The second-order valence-electron chi connectivity index (χ2n) is 15.2. The van der Waals surface area contributed by atoms with Gasteiger partial charge in [0.1, 0.15) is 19.8 Å². The molecule has 13 heteroatoms. The van der Waals surface area contributed by atoms with E-state index >= 15 is 0 Å². The summed E-state index contributed by atoms with van der Waals surface area (Å²) >= 11 is 0. The summed E-state index contributed by atoms with van der Waals surface area (Å²) in [4.78, 5) is 35.4. The normalized spacial score (nSPS) is 16.2. The van der Waals surface area contributed by atoms with Gasteiger partial charge in [-0.2, -0.15) is 0 Å². The second-order valence-corrected chi connectivity index (χ2v) is 16.7. The molecular weight excluding hydrogens is 773 g/mol. The van der Waals surface area contributed by atoms with E-state index in [0.717, 1.165) is 38.5 Å². The van der Waals surface area contributed by atoms with Crippen molar-refractivity contribution in [3.8, 4) is 0 Å². The molecule has 5 atom stereocenters. The average molecular weight is 851 g/mol. The Balaban J connectivity index is 4.80. The van der Waals surface area contributed by atoms with Crippen LogP contribution in [-0.4, -0.2) is 109 Å². The van der Waals surface area contributed by atoms with E-state index in [-0.39, 0.29) is 32.3 Å². The molecule has 0 rings (SSSR count). The van der Waals surface area contributed by atoms with Crippen molar-refractivity contribution >= 4 is 19.8 Å². The van der Waals surface area contributed by atoms with Crippen LogP contribution in [0.4, 0.5) is 0 Å². The van der Waals surface area contributed by atoms with Crippen molar-refractivity contribution in [2.45, 2.75) is 135 Å². The highest BCUT2D eigenvalue weighted by Gasteiger charge is 2.27. The lowest BCUT2D eigenvalue weighted by Crippen LogP contribution is -2.37. The quantitative estimate of drug-likeness (QED) is 0.0119. The zero-order chi connectivity index (χ0) is 44.0. The number of ether oxygens (including phenoxy) is 2. The van der Waals surface area contributed by atoms with Crippen LogP contribution in [0.15, 0.2) is 97.2 Å². The predicted molar refractivity (Wildman–Crippen MR) is 237 cm³/mol. The van der Waals surface area contributed by atoms with Crippen molar-refractivity contribution in [2.75, 3.05) is 47.5 Å². The van der Waals surface area contributed by atoms with Crippen molar-refractivity contribution in [1.29, 1.82) is 0 Å². The van der Waals surface area contributed by atoms with Gasteiger partial charge in [0.25, 0.3) is 0 Å². The molecule has 0 aromatic heterocycles. The maximum atomic E-state index is 12.7. The number of likely N-dealkylation sites (N-methyl/N-ethyl adjacent to an activating group) is 1. The fourth-order valence-electron chi connectivity index (χ4n) is 4.95. The molecule has 0 saturated carbocycles. The number of phosphoric acid groups is 1. The fourth-order valence-corrected chi connectivity index (χ4v) is 5.69. The van der Waals surface area contributed by atoms with Crippen LogP contribution < -0.4 is 0 Å². The van der Waals surface area contributed by atoms with Gasteiger partial charge in [-0.1, -0.05) is 124 Å². The van der Waals surface area contributed by atoms with Gasteiger partial charge < -0.3 is 34.2 Å². The molecule has 0 aliphatic heterocycles. The van der Waals surface area contributed by atoms with Crippen molar-refractivity contribution in [2.24, 2.45) is 0 Å². The van der Waals surface area contributed by atoms with Crippen LogP contribution in [0.2, 0.25) is 0 Å². The van der Waals surface area contributed by atoms with Crippen LogP contribution in [0.3, 0.4) is 0 Å². The first-order valence-electron chi connectivity index (χ1n) is 21.3. The Morgan fingerprint density at radius 3 is 1.90 bits per heavy atom. The highest BCUT2D eigenvalue weighted by molar-refractivity contribution is 7.47. The standard InChI is InChI=1S/C46H76NO11P/c1-6-8-10-11-12-13-14-15-16-17-18-19-20-25-29-35-46(52)58-42(40-57-59(53,54)56-38-37-47(3,4)5)39-55-45(51)36-30-34-44(50)43(49)33-28-24-22-21-23-27-32-41(48)31-26-9-7-2/h9,12-13,15-16,18-19,21-24,26-28,32-33,41-44,48-50H,6-8,10-11,14,17,20,25,29-31,34-40H2,1-5H3/p+1/b13-12-,16-15-,19-18-,23-21+,24-22-,26-9-,32-27+,33-28-/t41-,42-,43+,44+/m1/s1. The molecule has 1 unspecified atom stereocenters. The van der Waals surface area contributed by atoms with Crippen molar-refractivity contribution in [1.82, 2.24) is 0 Å². The number of hydrogen-bond acceptors (Lipinski definition) is 10. The highest BCUT2D eigenvalue weighted by atomic mass is 31.2. The molecule has 0 heterocycles. The first-order chi connectivity index (χ1) is 28.2. The van der Waals surface area contributed by atoms with Gasteiger partial charge in [0.2, 0.25) is 0 Å². The lowest BCUT2D eigenvalue weighted by Gasteiger charge is -2.24. The molecule has 0 radical (unpaired) electrons. The molecule has 0 aliphatic carbocycles. The number of nitrogens with zero attached hydrogens (tertiary/aromatic N) is 1. The zero-order valence-electron chi connectivity index (χ0n) is 36.5. The summed E-state index contributed by atoms with van der Waals surface area (Å²) in [6.45, 7) is 3.72. The number of allylic oxidation sites excluding steroid dienone is 13. The first kappa shape index (κ1) is 55.8. The Labute approximate surface area is 355 Å². The maximum Gasteiger partial charge on any atom is 0.472 e. The second kappa shape index (κ2) is 36.6. The zero-order valence-corrected chi connectivity index (χ0v) is 37.4. The van der Waals surface area contributed by atoms with Crippen molar-refractivity contribution < 1.29 is 57.4 Å². The summed E-state index contributed by atoms with van der Waals surface area (Å²) in [5.41, 5.74) is 0. The largest absolute Gasteiger partial charge is 0.472 e. The minimum atomic E-state index is -4.47. The van der Waals surface area contributed by atoms with Gasteiger partial charge in [-0.15, -0.1) is 0 Å². The summed E-state index contributed by atoms with van der Waals surface area (Å²) in [5, 5.41) is 30.4. The molecule has 336 valence electrons. The number of hydrogen-bond donors (Lipinski definition) is 4. The summed E-state index contributed by atoms with van der Waals surface area (Å²) in [7, 11) is 1.24. The lowest BCUT2D eigenvalue weighted by atomic mass is 10.1. The topological polar surface area (TPSA) is 169 Å². The Hall–Kier alpha value is -3.19. The smallest absolute Gasteiger partial charge is 0.462 e.